The van der Waals surface area contributed by atoms with Gasteiger partial charge in [-0.1, -0.05) is 13.8 Å². The van der Waals surface area contributed by atoms with Gasteiger partial charge in [0.05, 0.1) is 12.7 Å². The number of anilines is 1. The third-order valence-electron chi connectivity index (χ3n) is 5.51. The summed E-state index contributed by atoms with van der Waals surface area (Å²) in [6.45, 7) is 5.18. The van der Waals surface area contributed by atoms with E-state index in [9.17, 15) is 19.2 Å². The van der Waals surface area contributed by atoms with Gasteiger partial charge in [-0.3, -0.25) is 14.5 Å². The minimum absolute atomic E-state index is 0.387. The first-order valence-corrected chi connectivity index (χ1v) is 10.2. The van der Waals surface area contributed by atoms with Crippen LogP contribution in [0.3, 0.4) is 0 Å². The van der Waals surface area contributed by atoms with E-state index in [-0.39, 0.29) is 0 Å². The number of ether oxygens (including phenoxy) is 1. The zero-order chi connectivity index (χ0) is 20.6. The number of hydrogen-bond acceptors (Lipinski definition) is 6. The largest absolute Gasteiger partial charge is 0.465 e. The maximum Gasteiger partial charge on any atom is 0.341 e. The molecule has 8 nitrogen and oxygen atoms in total. The number of rotatable bonds is 5. The molecule has 2 N–H and O–H groups in total. The molecule has 1 aromatic rings. The summed E-state index contributed by atoms with van der Waals surface area (Å²) >= 11 is 1.36. The van der Waals surface area contributed by atoms with E-state index in [1.807, 2.05) is 0 Å². The van der Waals surface area contributed by atoms with Gasteiger partial charge in [0.1, 0.15) is 17.1 Å². The zero-order valence-corrected chi connectivity index (χ0v) is 17.3. The van der Waals surface area contributed by atoms with E-state index in [1.54, 1.807) is 13.8 Å². The molecule has 0 radical (unpaired) electrons. The Morgan fingerprint density at radius 2 is 2.11 bits per heavy atom. The summed E-state index contributed by atoms with van der Waals surface area (Å²) in [6, 6.07) is -0.586. The first-order valence-electron chi connectivity index (χ1n) is 9.37. The van der Waals surface area contributed by atoms with Crippen molar-refractivity contribution in [2.75, 3.05) is 19.0 Å². The molecular formula is C19H25N3O5S. The smallest absolute Gasteiger partial charge is 0.341 e. The molecule has 9 heteroatoms. The van der Waals surface area contributed by atoms with Gasteiger partial charge in [-0.2, -0.15) is 0 Å². The number of nitrogens with zero attached hydrogens (tertiary/aromatic N) is 1. The maximum atomic E-state index is 12.6. The van der Waals surface area contributed by atoms with Crippen molar-refractivity contribution in [3.05, 3.63) is 16.0 Å². The van der Waals surface area contributed by atoms with Crippen molar-refractivity contribution in [2.45, 2.75) is 52.0 Å². The van der Waals surface area contributed by atoms with Gasteiger partial charge in [0.25, 0.3) is 5.91 Å². The molecule has 3 rings (SSSR count). The lowest BCUT2D eigenvalue weighted by Crippen LogP contribution is -2.44. The predicted molar refractivity (Wildman–Crippen MR) is 104 cm³/mol. The molecule has 28 heavy (non-hydrogen) atoms. The highest BCUT2D eigenvalue weighted by atomic mass is 32.1. The minimum Gasteiger partial charge on any atom is -0.465 e. The van der Waals surface area contributed by atoms with Crippen molar-refractivity contribution in [1.29, 1.82) is 0 Å². The number of amides is 4. The van der Waals surface area contributed by atoms with Crippen LogP contribution in [-0.2, 0) is 27.2 Å². The number of carbonyl (C=O) groups excluding carboxylic acids is 4. The van der Waals surface area contributed by atoms with Crippen molar-refractivity contribution in [1.82, 2.24) is 10.2 Å². The number of urea groups is 1. The van der Waals surface area contributed by atoms with E-state index in [4.69, 9.17) is 4.74 Å². The van der Waals surface area contributed by atoms with Crippen molar-refractivity contribution < 1.29 is 23.9 Å². The third-order valence-corrected chi connectivity index (χ3v) is 6.68. The van der Waals surface area contributed by atoms with Crippen LogP contribution in [0.15, 0.2) is 0 Å². The minimum atomic E-state index is -0.993. The molecule has 152 valence electrons. The van der Waals surface area contributed by atoms with Gasteiger partial charge in [0.2, 0.25) is 5.91 Å². The van der Waals surface area contributed by atoms with Crippen LogP contribution in [0.4, 0.5) is 9.80 Å². The van der Waals surface area contributed by atoms with Gasteiger partial charge in [-0.05, 0) is 44.1 Å². The van der Waals surface area contributed by atoms with E-state index >= 15 is 0 Å². The number of thiophene rings is 1. The number of fused-ring (bicyclic) bond motifs is 1. The molecule has 1 aromatic heterocycles. The molecule has 0 bridgehead atoms. The zero-order valence-electron chi connectivity index (χ0n) is 16.5. The molecule has 0 unspecified atom stereocenters. The fourth-order valence-electron chi connectivity index (χ4n) is 3.60. The predicted octanol–water partition coefficient (Wildman–Crippen LogP) is 2.32. The van der Waals surface area contributed by atoms with Crippen LogP contribution < -0.4 is 10.6 Å². The van der Waals surface area contributed by atoms with Crippen molar-refractivity contribution >= 4 is 40.2 Å². The number of esters is 1. The maximum absolute atomic E-state index is 12.6. The van der Waals surface area contributed by atoms with Gasteiger partial charge in [0.15, 0.2) is 0 Å². The lowest BCUT2D eigenvalue weighted by Gasteiger charge is -2.19. The molecule has 2 atom stereocenters. The van der Waals surface area contributed by atoms with E-state index in [1.165, 1.54) is 18.4 Å². The van der Waals surface area contributed by atoms with Gasteiger partial charge in [0, 0.05) is 4.88 Å². The first kappa shape index (κ1) is 20.3. The number of methoxy groups -OCH3 is 1. The van der Waals surface area contributed by atoms with Crippen LogP contribution in [0, 0.1) is 5.92 Å². The monoisotopic (exact) mass is 407 g/mol. The molecule has 1 fully saturated rings. The molecule has 1 aliphatic heterocycles. The van der Waals surface area contributed by atoms with Crippen LogP contribution in [0.2, 0.25) is 0 Å². The fraction of sp³-hybridized carbons (Fsp3) is 0.579. The summed E-state index contributed by atoms with van der Waals surface area (Å²) in [5.41, 5.74) is 0.323. The normalized spacial score (nSPS) is 24.0. The van der Waals surface area contributed by atoms with E-state index in [0.717, 1.165) is 34.6 Å². The van der Waals surface area contributed by atoms with Gasteiger partial charge in [-0.15, -0.1) is 11.3 Å². The summed E-state index contributed by atoms with van der Waals surface area (Å²) in [5.74, 6) is -0.933. The number of nitrogens with one attached hydrogen (secondary N) is 2. The van der Waals surface area contributed by atoms with E-state index in [2.05, 4.69) is 17.6 Å². The lowest BCUT2D eigenvalue weighted by atomic mass is 9.88. The Bertz CT molecular complexity index is 849. The van der Waals surface area contributed by atoms with Crippen molar-refractivity contribution in [3.8, 4) is 0 Å². The van der Waals surface area contributed by atoms with Gasteiger partial charge in [-0.25, -0.2) is 9.59 Å². The average molecular weight is 407 g/mol. The Labute approximate surface area is 167 Å². The van der Waals surface area contributed by atoms with Crippen LogP contribution in [-0.4, -0.2) is 47.9 Å². The van der Waals surface area contributed by atoms with Gasteiger partial charge >= 0.3 is 12.0 Å². The molecule has 0 saturated carbocycles. The Balaban J connectivity index is 1.80. The molecule has 2 aliphatic rings. The molecule has 1 saturated heterocycles. The topological polar surface area (TPSA) is 105 Å². The highest BCUT2D eigenvalue weighted by Gasteiger charge is 2.47. The standard InChI is InChI=1S/C19H25N3O5S/c1-5-19(3)17(25)22(18(26)21-19)9-13(23)20-15-14(16(24)27-4)11-7-6-10(2)8-12(11)28-15/h10H,5-9H2,1-4H3,(H,20,23)(H,21,26)/t10-,19-/m0/s1. The summed E-state index contributed by atoms with van der Waals surface area (Å²) in [4.78, 5) is 51.4. The highest BCUT2D eigenvalue weighted by molar-refractivity contribution is 7.17. The number of hydrogen-bond donors (Lipinski definition) is 2. The van der Waals surface area contributed by atoms with Crippen LogP contribution in [0.25, 0.3) is 0 Å². The second kappa shape index (κ2) is 7.54. The molecular weight excluding hydrogens is 382 g/mol. The lowest BCUT2D eigenvalue weighted by molar-refractivity contribution is -0.133. The Morgan fingerprint density at radius 3 is 2.71 bits per heavy atom. The number of imide groups is 1. The SMILES string of the molecule is CC[C@]1(C)NC(=O)N(CC(=O)Nc2sc3c(c2C(=O)OC)CC[C@H](C)C3)C1=O. The van der Waals surface area contributed by atoms with Crippen molar-refractivity contribution in [2.24, 2.45) is 5.92 Å². The second-order valence-electron chi connectivity index (χ2n) is 7.60. The Hall–Kier alpha value is -2.42. The molecule has 0 spiro atoms. The van der Waals surface area contributed by atoms with Crippen LogP contribution in [0.1, 0.15) is 54.4 Å². The summed E-state index contributed by atoms with van der Waals surface area (Å²) in [7, 11) is 1.31. The molecule has 0 aromatic carbocycles. The Kier molecular flexibility index (Phi) is 5.47. The molecule has 1 aliphatic carbocycles. The Morgan fingerprint density at radius 1 is 1.39 bits per heavy atom. The third kappa shape index (κ3) is 3.50. The highest BCUT2D eigenvalue weighted by Crippen LogP contribution is 2.40. The summed E-state index contributed by atoms with van der Waals surface area (Å²) < 4.78 is 4.91. The summed E-state index contributed by atoms with van der Waals surface area (Å²) in [6.07, 6.45) is 3.01. The first-order chi connectivity index (χ1) is 13.2. The van der Waals surface area contributed by atoms with E-state index in [0.29, 0.717) is 22.9 Å². The van der Waals surface area contributed by atoms with E-state index < -0.39 is 35.9 Å². The second-order valence-corrected chi connectivity index (χ2v) is 8.71. The average Bonchev–Trinajstić information content (AvgIpc) is 3.10. The van der Waals surface area contributed by atoms with Crippen molar-refractivity contribution in [3.63, 3.8) is 0 Å². The van der Waals surface area contributed by atoms with Crippen LogP contribution >= 0.6 is 11.3 Å². The molecule has 2 heterocycles. The molecule has 4 amide bonds. The quantitative estimate of drug-likeness (QED) is 0.576. The summed E-state index contributed by atoms with van der Waals surface area (Å²) in [5, 5.41) is 5.75. The van der Waals surface area contributed by atoms with Gasteiger partial charge < -0.3 is 15.4 Å². The van der Waals surface area contributed by atoms with Crippen LogP contribution in [0.5, 0.6) is 0 Å². The fourth-order valence-corrected chi connectivity index (χ4v) is 5.01. The number of carbonyl (C=O) groups is 4.